The van der Waals surface area contributed by atoms with Crippen LogP contribution in [0.3, 0.4) is 0 Å². The largest absolute Gasteiger partial charge is 0.465 e. The summed E-state index contributed by atoms with van der Waals surface area (Å²) in [5.74, 6) is 0.160. The van der Waals surface area contributed by atoms with E-state index in [1.807, 2.05) is 0 Å². The number of carbonyl (C=O) groups excluding carboxylic acids is 2. The second kappa shape index (κ2) is 7.71. The van der Waals surface area contributed by atoms with Crippen molar-refractivity contribution in [3.05, 3.63) is 46.1 Å². The quantitative estimate of drug-likeness (QED) is 0.611. The summed E-state index contributed by atoms with van der Waals surface area (Å²) in [5.41, 5.74) is 0.960. The lowest BCUT2D eigenvalue weighted by Gasteiger charge is -2.10. The molecule has 0 unspecified atom stereocenters. The number of carbonyl (C=O) groups is 2. The first-order chi connectivity index (χ1) is 13.0. The number of hydrogen-bond donors (Lipinski definition) is 0. The van der Waals surface area contributed by atoms with Gasteiger partial charge in [0.15, 0.2) is 0 Å². The first kappa shape index (κ1) is 18.8. The number of esters is 2. The molecule has 3 aromatic rings. The van der Waals surface area contributed by atoms with E-state index in [0.717, 1.165) is 0 Å². The number of aryl methyl sites for hydroxylation is 2. The maximum absolute atomic E-state index is 12.2. The van der Waals surface area contributed by atoms with Crippen LogP contribution in [0.5, 0.6) is 11.6 Å². The van der Waals surface area contributed by atoms with Crippen LogP contribution >= 0.6 is 11.3 Å². The van der Waals surface area contributed by atoms with Crippen molar-refractivity contribution in [1.29, 1.82) is 0 Å². The Morgan fingerprint density at radius 1 is 1.11 bits per heavy atom. The molecule has 2 heterocycles. The Labute approximate surface area is 159 Å². The summed E-state index contributed by atoms with van der Waals surface area (Å²) in [5, 5.41) is 0.619. The second-order valence-electron chi connectivity index (χ2n) is 5.62. The highest BCUT2D eigenvalue weighted by atomic mass is 32.1. The lowest BCUT2D eigenvalue weighted by Crippen LogP contribution is -2.05. The molecule has 0 aliphatic carbocycles. The predicted octanol–water partition coefficient (Wildman–Crippen LogP) is 4.06. The maximum Gasteiger partial charge on any atom is 0.348 e. The van der Waals surface area contributed by atoms with Crippen LogP contribution in [0.4, 0.5) is 0 Å². The number of rotatable bonds is 5. The Morgan fingerprint density at radius 3 is 2.56 bits per heavy atom. The van der Waals surface area contributed by atoms with Gasteiger partial charge in [0.1, 0.15) is 26.8 Å². The van der Waals surface area contributed by atoms with Crippen LogP contribution in [-0.4, -0.2) is 35.6 Å². The molecule has 0 atom stereocenters. The third-order valence-electron chi connectivity index (χ3n) is 3.83. The Morgan fingerprint density at radius 2 is 1.85 bits per heavy atom. The fourth-order valence-electron chi connectivity index (χ4n) is 2.61. The molecule has 8 heteroatoms. The number of ether oxygens (including phenoxy) is 3. The summed E-state index contributed by atoms with van der Waals surface area (Å²) >= 11 is 1.23. The topological polar surface area (TPSA) is 87.6 Å². The molecule has 3 rings (SSSR count). The average molecular weight is 386 g/mol. The van der Waals surface area contributed by atoms with Crippen LogP contribution in [0.1, 0.15) is 38.3 Å². The van der Waals surface area contributed by atoms with Crippen LogP contribution in [0.15, 0.2) is 24.3 Å². The van der Waals surface area contributed by atoms with Crippen LogP contribution < -0.4 is 4.74 Å². The summed E-state index contributed by atoms with van der Waals surface area (Å²) in [6.45, 7) is 5.57. The average Bonchev–Trinajstić information content (AvgIpc) is 2.98. The van der Waals surface area contributed by atoms with Crippen molar-refractivity contribution in [2.45, 2.75) is 20.8 Å². The van der Waals surface area contributed by atoms with E-state index in [4.69, 9.17) is 14.2 Å². The van der Waals surface area contributed by atoms with Gasteiger partial charge in [-0.05, 0) is 38.5 Å². The first-order valence-corrected chi connectivity index (χ1v) is 9.08. The summed E-state index contributed by atoms with van der Waals surface area (Å²) in [7, 11) is 1.31. The number of methoxy groups -OCH3 is 1. The molecule has 140 valence electrons. The van der Waals surface area contributed by atoms with Crippen LogP contribution in [0.2, 0.25) is 0 Å². The molecule has 2 aromatic heterocycles. The number of nitrogens with zero attached hydrogens (tertiary/aromatic N) is 2. The van der Waals surface area contributed by atoms with Crippen molar-refractivity contribution in [1.82, 2.24) is 9.97 Å². The van der Waals surface area contributed by atoms with Gasteiger partial charge in [-0.2, -0.15) is 4.98 Å². The molecule has 0 saturated heterocycles. The van der Waals surface area contributed by atoms with E-state index >= 15 is 0 Å². The zero-order valence-corrected chi connectivity index (χ0v) is 16.2. The predicted molar refractivity (Wildman–Crippen MR) is 101 cm³/mol. The van der Waals surface area contributed by atoms with E-state index in [2.05, 4.69) is 9.97 Å². The van der Waals surface area contributed by atoms with Crippen molar-refractivity contribution < 1.29 is 23.8 Å². The molecular formula is C19H18N2O5S. The molecule has 0 radical (unpaired) electrons. The fourth-order valence-corrected chi connectivity index (χ4v) is 3.72. The minimum absolute atomic E-state index is 0.276. The number of para-hydroxylation sites is 1. The summed E-state index contributed by atoms with van der Waals surface area (Å²) in [4.78, 5) is 34.1. The molecule has 0 bridgehead atoms. The molecule has 27 heavy (non-hydrogen) atoms. The van der Waals surface area contributed by atoms with E-state index in [9.17, 15) is 9.59 Å². The highest BCUT2D eigenvalue weighted by Crippen LogP contribution is 2.37. The highest BCUT2D eigenvalue weighted by molar-refractivity contribution is 7.20. The zero-order chi connectivity index (χ0) is 19.6. The third kappa shape index (κ3) is 3.61. The molecule has 0 saturated carbocycles. The number of fused-ring (bicyclic) bond motifs is 1. The van der Waals surface area contributed by atoms with Gasteiger partial charge in [-0.15, -0.1) is 11.3 Å². The molecule has 0 aliphatic rings. The molecule has 0 aliphatic heterocycles. The number of aromatic nitrogens is 2. The van der Waals surface area contributed by atoms with Crippen LogP contribution in [0, 0.1) is 13.8 Å². The van der Waals surface area contributed by atoms with Gasteiger partial charge in [0.25, 0.3) is 0 Å². The first-order valence-electron chi connectivity index (χ1n) is 8.26. The van der Waals surface area contributed by atoms with Crippen LogP contribution in [-0.2, 0) is 9.47 Å². The molecular weight excluding hydrogens is 368 g/mol. The van der Waals surface area contributed by atoms with Crippen molar-refractivity contribution >= 4 is 33.5 Å². The number of thiophene rings is 1. The van der Waals surface area contributed by atoms with E-state index < -0.39 is 11.9 Å². The van der Waals surface area contributed by atoms with Gasteiger partial charge in [-0.1, -0.05) is 12.1 Å². The number of benzene rings is 1. The Kier molecular flexibility index (Phi) is 5.36. The summed E-state index contributed by atoms with van der Waals surface area (Å²) < 4.78 is 15.9. The normalized spacial score (nSPS) is 10.7. The highest BCUT2D eigenvalue weighted by Gasteiger charge is 2.23. The van der Waals surface area contributed by atoms with Gasteiger partial charge in [0.05, 0.1) is 19.1 Å². The zero-order valence-electron chi connectivity index (χ0n) is 15.4. The van der Waals surface area contributed by atoms with Crippen molar-refractivity contribution in [3.8, 4) is 11.6 Å². The molecule has 0 amide bonds. The minimum atomic E-state index is -0.512. The van der Waals surface area contributed by atoms with Crippen LogP contribution in [0.25, 0.3) is 10.2 Å². The van der Waals surface area contributed by atoms with Gasteiger partial charge in [0.2, 0.25) is 5.88 Å². The second-order valence-corrected chi connectivity index (χ2v) is 6.62. The van der Waals surface area contributed by atoms with E-state index in [1.54, 1.807) is 45.0 Å². The van der Waals surface area contributed by atoms with Gasteiger partial charge in [0, 0.05) is 0 Å². The Hall–Kier alpha value is -3.00. The molecule has 7 nitrogen and oxygen atoms in total. The van der Waals surface area contributed by atoms with Gasteiger partial charge in [-0.25, -0.2) is 14.6 Å². The van der Waals surface area contributed by atoms with E-state index in [0.29, 0.717) is 32.2 Å². The van der Waals surface area contributed by atoms with E-state index in [1.165, 1.54) is 18.4 Å². The third-order valence-corrected chi connectivity index (χ3v) is 4.99. The number of hydrogen-bond acceptors (Lipinski definition) is 8. The van der Waals surface area contributed by atoms with E-state index in [-0.39, 0.29) is 18.1 Å². The maximum atomic E-state index is 12.2. The Bertz CT molecular complexity index is 1030. The Balaban J connectivity index is 2.13. The molecule has 0 spiro atoms. The van der Waals surface area contributed by atoms with Gasteiger partial charge >= 0.3 is 11.9 Å². The monoisotopic (exact) mass is 386 g/mol. The summed E-state index contributed by atoms with van der Waals surface area (Å²) in [6, 6.07) is 6.73. The molecule has 0 fully saturated rings. The molecule has 0 N–H and O–H groups in total. The standard InChI is InChI=1S/C19H18N2O5S/c1-5-25-19(23)15-10(2)14-16(20-11(3)21-17(14)27-15)26-13-9-7-6-8-12(13)18(22)24-4/h6-9H,5H2,1-4H3. The SMILES string of the molecule is CCOC(=O)c1sc2nc(C)nc(Oc3ccccc3C(=O)OC)c2c1C. The lowest BCUT2D eigenvalue weighted by atomic mass is 10.2. The summed E-state index contributed by atoms with van der Waals surface area (Å²) in [6.07, 6.45) is 0. The van der Waals surface area contributed by atoms with Gasteiger partial charge < -0.3 is 14.2 Å². The van der Waals surface area contributed by atoms with Crippen molar-refractivity contribution in [2.75, 3.05) is 13.7 Å². The smallest absolute Gasteiger partial charge is 0.348 e. The van der Waals surface area contributed by atoms with Crippen molar-refractivity contribution in [3.63, 3.8) is 0 Å². The van der Waals surface area contributed by atoms with Gasteiger partial charge in [-0.3, -0.25) is 0 Å². The van der Waals surface area contributed by atoms with Crippen molar-refractivity contribution in [2.24, 2.45) is 0 Å². The lowest BCUT2D eigenvalue weighted by molar-refractivity contribution is 0.0530. The fraction of sp³-hybridized carbons (Fsp3) is 0.263. The minimum Gasteiger partial charge on any atom is -0.465 e. The molecule has 1 aromatic carbocycles.